The standard InChI is InChI=1S/C15H14N2O3S/c1-12(21(19,20)14-7-3-2-4-8-14)15(18)17-11-13-6-5-9-16-10-13/h2-10H,1,11H2,(H,17,18). The molecule has 6 heteroatoms. The van der Waals surface area contributed by atoms with Crippen LogP contribution in [0.4, 0.5) is 0 Å². The highest BCUT2D eigenvalue weighted by molar-refractivity contribution is 7.96. The highest BCUT2D eigenvalue weighted by Gasteiger charge is 2.24. The molecule has 1 N–H and O–H groups in total. The van der Waals surface area contributed by atoms with Crippen molar-refractivity contribution in [2.75, 3.05) is 0 Å². The first-order valence-electron chi connectivity index (χ1n) is 6.18. The molecular weight excluding hydrogens is 288 g/mol. The Morgan fingerprint density at radius 3 is 2.48 bits per heavy atom. The Balaban J connectivity index is 2.08. The molecule has 2 rings (SSSR count). The summed E-state index contributed by atoms with van der Waals surface area (Å²) in [4.78, 5) is 15.4. The van der Waals surface area contributed by atoms with Gasteiger partial charge in [-0.15, -0.1) is 0 Å². The van der Waals surface area contributed by atoms with Gasteiger partial charge in [0.05, 0.1) is 4.90 Å². The van der Waals surface area contributed by atoms with Crippen molar-refractivity contribution in [3.63, 3.8) is 0 Å². The molecule has 0 spiro atoms. The number of hydrogen-bond acceptors (Lipinski definition) is 4. The van der Waals surface area contributed by atoms with Crippen LogP contribution in [0.15, 0.2) is 71.2 Å². The van der Waals surface area contributed by atoms with Crippen LogP contribution in [0.25, 0.3) is 0 Å². The number of amides is 1. The van der Waals surface area contributed by atoms with Crippen LogP contribution in [0.2, 0.25) is 0 Å². The molecule has 0 aliphatic carbocycles. The number of carbonyl (C=O) groups excluding carboxylic acids is 1. The van der Waals surface area contributed by atoms with Crippen LogP contribution >= 0.6 is 0 Å². The van der Waals surface area contributed by atoms with Crippen molar-refractivity contribution >= 4 is 15.7 Å². The molecule has 108 valence electrons. The number of sulfone groups is 1. The SMILES string of the molecule is C=C(C(=O)NCc1cccnc1)S(=O)(=O)c1ccccc1. The number of nitrogens with one attached hydrogen (secondary N) is 1. The van der Waals surface area contributed by atoms with Crippen molar-refractivity contribution in [2.24, 2.45) is 0 Å². The lowest BCUT2D eigenvalue weighted by atomic mass is 10.3. The van der Waals surface area contributed by atoms with Gasteiger partial charge in [-0.3, -0.25) is 9.78 Å². The van der Waals surface area contributed by atoms with E-state index in [0.29, 0.717) is 0 Å². The van der Waals surface area contributed by atoms with Gasteiger partial charge in [0.1, 0.15) is 4.91 Å². The van der Waals surface area contributed by atoms with E-state index in [9.17, 15) is 13.2 Å². The molecule has 1 heterocycles. The molecule has 0 radical (unpaired) electrons. The Hall–Kier alpha value is -2.47. The monoisotopic (exact) mass is 302 g/mol. The molecule has 0 aliphatic rings. The third kappa shape index (κ3) is 3.55. The number of nitrogens with zero attached hydrogens (tertiary/aromatic N) is 1. The lowest BCUT2D eigenvalue weighted by Crippen LogP contribution is -2.27. The second-order valence-electron chi connectivity index (χ2n) is 4.28. The summed E-state index contributed by atoms with van der Waals surface area (Å²) in [5.41, 5.74) is 0.774. The molecule has 0 fully saturated rings. The van der Waals surface area contributed by atoms with E-state index in [4.69, 9.17) is 0 Å². The summed E-state index contributed by atoms with van der Waals surface area (Å²) < 4.78 is 24.4. The maximum Gasteiger partial charge on any atom is 0.262 e. The Morgan fingerprint density at radius 1 is 1.14 bits per heavy atom. The summed E-state index contributed by atoms with van der Waals surface area (Å²) in [5.74, 6) is -0.720. The Morgan fingerprint density at radius 2 is 1.86 bits per heavy atom. The minimum Gasteiger partial charge on any atom is -0.347 e. The molecule has 0 saturated carbocycles. The largest absolute Gasteiger partial charge is 0.347 e. The highest BCUT2D eigenvalue weighted by Crippen LogP contribution is 2.17. The minimum absolute atomic E-state index is 0.0477. The van der Waals surface area contributed by atoms with Crippen LogP contribution in [0.3, 0.4) is 0 Å². The van der Waals surface area contributed by atoms with Gasteiger partial charge in [-0.1, -0.05) is 30.8 Å². The van der Waals surface area contributed by atoms with Gasteiger partial charge in [-0.05, 0) is 23.8 Å². The van der Waals surface area contributed by atoms with E-state index in [1.54, 1.807) is 42.7 Å². The van der Waals surface area contributed by atoms with E-state index in [1.807, 2.05) is 0 Å². The summed E-state index contributed by atoms with van der Waals surface area (Å²) in [5, 5.41) is 2.52. The normalized spacial score (nSPS) is 10.9. The molecule has 1 amide bonds. The molecule has 0 atom stereocenters. The van der Waals surface area contributed by atoms with Crippen molar-refractivity contribution in [3.05, 3.63) is 71.9 Å². The molecule has 5 nitrogen and oxygen atoms in total. The van der Waals surface area contributed by atoms with E-state index < -0.39 is 20.6 Å². The third-order valence-corrected chi connectivity index (χ3v) is 4.53. The lowest BCUT2D eigenvalue weighted by molar-refractivity contribution is -0.117. The zero-order valence-electron chi connectivity index (χ0n) is 11.2. The van der Waals surface area contributed by atoms with Crippen molar-refractivity contribution in [3.8, 4) is 0 Å². The molecule has 0 saturated heterocycles. The van der Waals surface area contributed by atoms with Crippen LogP contribution in [0.5, 0.6) is 0 Å². The van der Waals surface area contributed by atoms with Crippen molar-refractivity contribution in [2.45, 2.75) is 11.4 Å². The highest BCUT2D eigenvalue weighted by atomic mass is 32.2. The molecule has 0 bridgehead atoms. The number of carbonyl (C=O) groups is 1. The van der Waals surface area contributed by atoms with Gasteiger partial charge in [0.25, 0.3) is 5.91 Å². The third-order valence-electron chi connectivity index (χ3n) is 2.81. The van der Waals surface area contributed by atoms with E-state index in [-0.39, 0.29) is 11.4 Å². The molecule has 2 aromatic rings. The van der Waals surface area contributed by atoms with Gasteiger partial charge in [0.2, 0.25) is 9.84 Å². The maximum absolute atomic E-state index is 12.2. The number of aromatic nitrogens is 1. The van der Waals surface area contributed by atoms with E-state index >= 15 is 0 Å². The van der Waals surface area contributed by atoms with Gasteiger partial charge >= 0.3 is 0 Å². The van der Waals surface area contributed by atoms with Crippen LogP contribution in [0, 0.1) is 0 Å². The topological polar surface area (TPSA) is 76.1 Å². The second kappa shape index (κ2) is 6.32. The first-order chi connectivity index (χ1) is 10.0. The molecule has 1 aromatic carbocycles. The summed E-state index contributed by atoms with van der Waals surface area (Å²) in [6.45, 7) is 3.59. The molecule has 21 heavy (non-hydrogen) atoms. The summed E-state index contributed by atoms with van der Waals surface area (Å²) in [7, 11) is -3.86. The molecular formula is C15H14N2O3S. The van der Waals surface area contributed by atoms with Gasteiger partial charge in [0, 0.05) is 18.9 Å². The Bertz CT molecular complexity index is 741. The van der Waals surface area contributed by atoms with Gasteiger partial charge in [-0.25, -0.2) is 8.42 Å². The van der Waals surface area contributed by atoms with Gasteiger partial charge in [-0.2, -0.15) is 0 Å². The lowest BCUT2D eigenvalue weighted by Gasteiger charge is -2.08. The second-order valence-corrected chi connectivity index (χ2v) is 6.25. The van der Waals surface area contributed by atoms with Crippen LogP contribution < -0.4 is 5.32 Å². The first kappa shape index (κ1) is 14.9. The van der Waals surface area contributed by atoms with Crippen LogP contribution in [0.1, 0.15) is 5.56 Å². The molecule has 0 aliphatic heterocycles. The quantitative estimate of drug-likeness (QED) is 0.853. The van der Waals surface area contributed by atoms with Crippen LogP contribution in [-0.4, -0.2) is 19.3 Å². The predicted molar refractivity (Wildman–Crippen MR) is 78.9 cm³/mol. The van der Waals surface area contributed by atoms with Gasteiger partial charge < -0.3 is 5.32 Å². The fraction of sp³-hybridized carbons (Fsp3) is 0.0667. The Kier molecular flexibility index (Phi) is 4.49. The van der Waals surface area contributed by atoms with E-state index in [1.165, 1.54) is 12.1 Å². The fourth-order valence-corrected chi connectivity index (χ4v) is 2.76. The zero-order valence-corrected chi connectivity index (χ0v) is 12.0. The van der Waals surface area contributed by atoms with E-state index in [2.05, 4.69) is 16.9 Å². The zero-order chi connectivity index (χ0) is 15.3. The maximum atomic E-state index is 12.2. The summed E-state index contributed by atoms with van der Waals surface area (Å²) in [6, 6.07) is 11.2. The molecule has 0 unspecified atom stereocenters. The number of pyridine rings is 1. The number of hydrogen-bond donors (Lipinski definition) is 1. The summed E-state index contributed by atoms with van der Waals surface area (Å²) in [6.07, 6.45) is 3.21. The fourth-order valence-electron chi connectivity index (χ4n) is 1.65. The number of rotatable bonds is 5. The van der Waals surface area contributed by atoms with Gasteiger partial charge in [0.15, 0.2) is 0 Å². The smallest absolute Gasteiger partial charge is 0.262 e. The average Bonchev–Trinajstić information content (AvgIpc) is 2.53. The number of benzene rings is 1. The first-order valence-corrected chi connectivity index (χ1v) is 7.66. The minimum atomic E-state index is -3.86. The Labute approximate surface area is 123 Å². The van der Waals surface area contributed by atoms with Crippen LogP contribution in [-0.2, 0) is 21.2 Å². The van der Waals surface area contributed by atoms with Crippen molar-refractivity contribution in [1.82, 2.24) is 10.3 Å². The predicted octanol–water partition coefficient (Wildman–Crippen LogP) is 1.69. The van der Waals surface area contributed by atoms with E-state index in [0.717, 1.165) is 5.56 Å². The molecule has 1 aromatic heterocycles. The van der Waals surface area contributed by atoms with Crippen molar-refractivity contribution < 1.29 is 13.2 Å². The average molecular weight is 302 g/mol. The summed E-state index contributed by atoms with van der Waals surface area (Å²) >= 11 is 0. The van der Waals surface area contributed by atoms with Crippen molar-refractivity contribution in [1.29, 1.82) is 0 Å².